The van der Waals surface area contributed by atoms with Crippen molar-refractivity contribution in [3.63, 3.8) is 0 Å². The van der Waals surface area contributed by atoms with E-state index >= 15 is 0 Å². The molecule has 1 N–H and O–H groups in total. The van der Waals surface area contributed by atoms with Crippen LogP contribution < -0.4 is 4.72 Å². The molecule has 8 heteroatoms. The monoisotopic (exact) mass is 329 g/mol. The third-order valence-electron chi connectivity index (χ3n) is 3.26. The molecule has 0 aliphatic heterocycles. The molecule has 1 atom stereocenters. The van der Waals surface area contributed by atoms with Crippen molar-refractivity contribution in [2.75, 3.05) is 0 Å². The highest BCUT2D eigenvalue weighted by Crippen LogP contribution is 2.34. The van der Waals surface area contributed by atoms with Crippen LogP contribution in [0.4, 0.5) is 0 Å². The summed E-state index contributed by atoms with van der Waals surface area (Å²) in [5.41, 5.74) is 1.08. The summed E-state index contributed by atoms with van der Waals surface area (Å²) in [7, 11) is -3.63. The maximum Gasteiger partial charge on any atom is 0.244 e. The van der Waals surface area contributed by atoms with Crippen LogP contribution in [-0.2, 0) is 16.4 Å². The standard InChI is InChI=1S/C12H12ClN3O2S2/c13-12-14-6-8(7-15-12)20(17,18)16-10-2-1-3-11-9(10)4-5-19-11/h4-7,10,16H,1-3H2. The largest absolute Gasteiger partial charge is 0.244 e. The van der Waals surface area contributed by atoms with Crippen LogP contribution in [0.3, 0.4) is 0 Å². The van der Waals surface area contributed by atoms with Crippen LogP contribution in [-0.4, -0.2) is 18.4 Å². The second-order valence-electron chi connectivity index (χ2n) is 4.55. The molecule has 2 heterocycles. The van der Waals surface area contributed by atoms with Crippen LogP contribution in [0.1, 0.15) is 29.3 Å². The molecule has 5 nitrogen and oxygen atoms in total. The topological polar surface area (TPSA) is 72.0 Å². The minimum Gasteiger partial charge on any atom is -0.225 e. The van der Waals surface area contributed by atoms with Gasteiger partial charge in [-0.1, -0.05) is 0 Å². The zero-order valence-electron chi connectivity index (χ0n) is 10.4. The molecule has 0 saturated carbocycles. The van der Waals surface area contributed by atoms with E-state index < -0.39 is 10.0 Å². The average molecular weight is 330 g/mol. The van der Waals surface area contributed by atoms with Crippen molar-refractivity contribution in [3.8, 4) is 0 Å². The predicted octanol–water partition coefficient (Wildman–Crippen LogP) is 2.55. The first kappa shape index (κ1) is 13.9. The molecule has 2 aromatic rings. The van der Waals surface area contributed by atoms with Gasteiger partial charge in [-0.2, -0.15) is 0 Å². The summed E-state index contributed by atoms with van der Waals surface area (Å²) in [6.45, 7) is 0. The number of thiophene rings is 1. The fourth-order valence-electron chi connectivity index (χ4n) is 2.30. The average Bonchev–Trinajstić information content (AvgIpc) is 2.88. The molecule has 0 saturated heterocycles. The van der Waals surface area contributed by atoms with Gasteiger partial charge in [-0.15, -0.1) is 11.3 Å². The van der Waals surface area contributed by atoms with Gasteiger partial charge in [0.25, 0.3) is 0 Å². The van der Waals surface area contributed by atoms with Gasteiger partial charge >= 0.3 is 0 Å². The molecule has 1 unspecified atom stereocenters. The summed E-state index contributed by atoms with van der Waals surface area (Å²) in [6.07, 6.45) is 5.24. The second-order valence-corrected chi connectivity index (χ2v) is 7.61. The maximum atomic E-state index is 12.3. The molecule has 3 rings (SSSR count). The summed E-state index contributed by atoms with van der Waals surface area (Å²) in [4.78, 5) is 8.71. The number of aryl methyl sites for hydroxylation is 1. The minimum absolute atomic E-state index is 0.0294. The fourth-order valence-corrected chi connectivity index (χ4v) is 4.53. The predicted molar refractivity (Wildman–Crippen MR) is 77.4 cm³/mol. The summed E-state index contributed by atoms with van der Waals surface area (Å²) in [5, 5.41) is 2.03. The summed E-state index contributed by atoms with van der Waals surface area (Å²) < 4.78 is 27.4. The first-order valence-electron chi connectivity index (χ1n) is 6.12. The van der Waals surface area contributed by atoms with Gasteiger partial charge in [0.15, 0.2) is 0 Å². The highest BCUT2D eigenvalue weighted by Gasteiger charge is 2.26. The third-order valence-corrected chi connectivity index (χ3v) is 5.87. The van der Waals surface area contributed by atoms with Gasteiger partial charge in [-0.05, 0) is 47.9 Å². The molecule has 0 amide bonds. The summed E-state index contributed by atoms with van der Waals surface area (Å²) >= 11 is 7.25. The number of nitrogens with one attached hydrogen (secondary N) is 1. The van der Waals surface area contributed by atoms with E-state index in [0.717, 1.165) is 24.8 Å². The van der Waals surface area contributed by atoms with Gasteiger partial charge in [-0.25, -0.2) is 23.1 Å². The summed E-state index contributed by atoms with van der Waals surface area (Å²) in [6, 6.07) is 1.82. The van der Waals surface area contributed by atoms with Crippen molar-refractivity contribution in [3.05, 3.63) is 39.6 Å². The Bertz CT molecular complexity index is 713. The Hall–Kier alpha value is -1.02. The van der Waals surface area contributed by atoms with E-state index in [0.29, 0.717) is 0 Å². The Morgan fingerprint density at radius 1 is 1.35 bits per heavy atom. The number of hydrogen-bond donors (Lipinski definition) is 1. The number of sulfonamides is 1. The van der Waals surface area contributed by atoms with E-state index in [-0.39, 0.29) is 16.2 Å². The Balaban J connectivity index is 1.86. The van der Waals surface area contributed by atoms with Crippen molar-refractivity contribution in [1.82, 2.24) is 14.7 Å². The van der Waals surface area contributed by atoms with Crippen LogP contribution in [0.15, 0.2) is 28.7 Å². The second kappa shape index (κ2) is 5.40. The van der Waals surface area contributed by atoms with E-state index in [1.165, 1.54) is 17.3 Å². The van der Waals surface area contributed by atoms with Crippen molar-refractivity contribution in [2.24, 2.45) is 0 Å². The smallest absolute Gasteiger partial charge is 0.225 e. The molecule has 0 radical (unpaired) electrons. The Kier molecular flexibility index (Phi) is 3.76. The zero-order valence-corrected chi connectivity index (χ0v) is 12.8. The first-order valence-corrected chi connectivity index (χ1v) is 8.86. The molecule has 1 aliphatic rings. The highest BCUT2D eigenvalue weighted by molar-refractivity contribution is 7.89. The number of fused-ring (bicyclic) bond motifs is 1. The van der Waals surface area contributed by atoms with Crippen LogP contribution in [0.25, 0.3) is 0 Å². The van der Waals surface area contributed by atoms with E-state index in [1.807, 2.05) is 11.4 Å². The lowest BCUT2D eigenvalue weighted by Crippen LogP contribution is -2.30. The molecular formula is C12H12ClN3O2S2. The zero-order chi connectivity index (χ0) is 14.2. The van der Waals surface area contributed by atoms with E-state index in [2.05, 4.69) is 14.7 Å². The molecule has 2 aromatic heterocycles. The Labute approximate surface area is 126 Å². The number of rotatable bonds is 3. The molecule has 0 fully saturated rings. The van der Waals surface area contributed by atoms with Crippen LogP contribution in [0.5, 0.6) is 0 Å². The quantitative estimate of drug-likeness (QED) is 0.878. The van der Waals surface area contributed by atoms with Crippen LogP contribution in [0.2, 0.25) is 5.28 Å². The van der Waals surface area contributed by atoms with Gasteiger partial charge in [0, 0.05) is 10.9 Å². The normalized spacial score (nSPS) is 18.8. The number of aromatic nitrogens is 2. The van der Waals surface area contributed by atoms with E-state index in [1.54, 1.807) is 11.3 Å². The molecule has 106 valence electrons. The number of nitrogens with zero attached hydrogens (tertiary/aromatic N) is 2. The molecular weight excluding hydrogens is 318 g/mol. The fraction of sp³-hybridized carbons (Fsp3) is 0.333. The molecule has 0 aromatic carbocycles. The lowest BCUT2D eigenvalue weighted by molar-refractivity contribution is 0.511. The van der Waals surface area contributed by atoms with Crippen LogP contribution in [0, 0.1) is 0 Å². The Morgan fingerprint density at radius 2 is 2.10 bits per heavy atom. The van der Waals surface area contributed by atoms with Gasteiger partial charge in [0.05, 0.1) is 12.4 Å². The van der Waals surface area contributed by atoms with Crippen molar-refractivity contribution in [1.29, 1.82) is 0 Å². The summed E-state index contributed by atoms with van der Waals surface area (Å²) in [5.74, 6) is 0. The first-order chi connectivity index (χ1) is 9.56. The van der Waals surface area contributed by atoms with Crippen LogP contribution >= 0.6 is 22.9 Å². The SMILES string of the molecule is O=S(=O)(NC1CCCc2sccc21)c1cnc(Cl)nc1. The van der Waals surface area contributed by atoms with Gasteiger partial charge in [-0.3, -0.25) is 0 Å². The number of hydrogen-bond acceptors (Lipinski definition) is 5. The van der Waals surface area contributed by atoms with E-state index in [9.17, 15) is 8.42 Å². The molecule has 1 aliphatic carbocycles. The number of halogens is 1. The lowest BCUT2D eigenvalue weighted by Gasteiger charge is -2.23. The minimum atomic E-state index is -3.63. The molecule has 20 heavy (non-hydrogen) atoms. The lowest BCUT2D eigenvalue weighted by atomic mass is 9.95. The van der Waals surface area contributed by atoms with Gasteiger partial charge in [0.1, 0.15) is 4.90 Å². The van der Waals surface area contributed by atoms with Crippen molar-refractivity contribution < 1.29 is 8.42 Å². The van der Waals surface area contributed by atoms with E-state index in [4.69, 9.17) is 11.6 Å². The van der Waals surface area contributed by atoms with Gasteiger partial charge in [0.2, 0.25) is 15.3 Å². The van der Waals surface area contributed by atoms with Crippen molar-refractivity contribution in [2.45, 2.75) is 30.2 Å². The highest BCUT2D eigenvalue weighted by atomic mass is 35.5. The molecule has 0 spiro atoms. The maximum absolute atomic E-state index is 12.3. The van der Waals surface area contributed by atoms with Crippen molar-refractivity contribution >= 4 is 33.0 Å². The van der Waals surface area contributed by atoms with Gasteiger partial charge < -0.3 is 0 Å². The third kappa shape index (κ3) is 2.71. The molecule has 0 bridgehead atoms. The Morgan fingerprint density at radius 3 is 2.85 bits per heavy atom.